The summed E-state index contributed by atoms with van der Waals surface area (Å²) in [5.41, 5.74) is 6.81. The average Bonchev–Trinajstić information content (AvgIpc) is 2.76. The molecule has 2 rings (SSSR count). The first-order valence-corrected chi connectivity index (χ1v) is 5.84. The molecule has 0 aliphatic carbocycles. The molecule has 15 heavy (non-hydrogen) atoms. The van der Waals surface area contributed by atoms with Crippen LogP contribution in [0, 0.1) is 0 Å². The van der Waals surface area contributed by atoms with Crippen LogP contribution in [0.15, 0.2) is 12.4 Å². The fourth-order valence-electron chi connectivity index (χ4n) is 2.08. The SMILES string of the molecule is NCCCc1cnn(C2CCNCC2)c1. The molecular formula is C11H20N4. The number of aryl methyl sites for hydroxylation is 1. The number of hydrogen-bond donors (Lipinski definition) is 2. The Balaban J connectivity index is 1.93. The first-order chi connectivity index (χ1) is 7.40. The molecule has 1 fully saturated rings. The Kier molecular flexibility index (Phi) is 3.75. The van der Waals surface area contributed by atoms with Crippen molar-refractivity contribution in [1.82, 2.24) is 15.1 Å². The van der Waals surface area contributed by atoms with Gasteiger partial charge < -0.3 is 11.1 Å². The second-order valence-electron chi connectivity index (χ2n) is 4.20. The second kappa shape index (κ2) is 5.28. The van der Waals surface area contributed by atoms with Crippen molar-refractivity contribution in [3.05, 3.63) is 18.0 Å². The molecule has 0 radical (unpaired) electrons. The number of aromatic nitrogens is 2. The van der Waals surface area contributed by atoms with E-state index in [9.17, 15) is 0 Å². The molecule has 2 heterocycles. The van der Waals surface area contributed by atoms with Crippen LogP contribution in [0.2, 0.25) is 0 Å². The highest BCUT2D eigenvalue weighted by atomic mass is 15.3. The molecule has 0 amide bonds. The van der Waals surface area contributed by atoms with Gasteiger partial charge in [0, 0.05) is 6.20 Å². The van der Waals surface area contributed by atoms with Gasteiger partial charge in [-0.1, -0.05) is 0 Å². The van der Waals surface area contributed by atoms with Crippen molar-refractivity contribution >= 4 is 0 Å². The van der Waals surface area contributed by atoms with Crippen molar-refractivity contribution < 1.29 is 0 Å². The average molecular weight is 208 g/mol. The van der Waals surface area contributed by atoms with Crippen LogP contribution >= 0.6 is 0 Å². The van der Waals surface area contributed by atoms with Gasteiger partial charge in [0.05, 0.1) is 12.2 Å². The summed E-state index contributed by atoms with van der Waals surface area (Å²) in [6.45, 7) is 2.99. The van der Waals surface area contributed by atoms with Gasteiger partial charge in [0.2, 0.25) is 0 Å². The third kappa shape index (κ3) is 2.79. The molecule has 0 atom stereocenters. The van der Waals surface area contributed by atoms with Crippen molar-refractivity contribution in [2.45, 2.75) is 31.7 Å². The second-order valence-corrected chi connectivity index (χ2v) is 4.20. The molecule has 84 valence electrons. The van der Waals surface area contributed by atoms with E-state index in [1.54, 1.807) is 0 Å². The minimum atomic E-state index is 0.595. The van der Waals surface area contributed by atoms with Gasteiger partial charge in [-0.05, 0) is 50.9 Å². The Morgan fingerprint density at radius 1 is 1.47 bits per heavy atom. The predicted octanol–water partition coefficient (Wildman–Crippen LogP) is 0.699. The standard InChI is InChI=1S/C11H20N4/c12-5-1-2-10-8-14-15(9-10)11-3-6-13-7-4-11/h8-9,11,13H,1-7,12H2. The van der Waals surface area contributed by atoms with Gasteiger partial charge >= 0.3 is 0 Å². The molecule has 1 aliphatic heterocycles. The Morgan fingerprint density at radius 3 is 3.00 bits per heavy atom. The topological polar surface area (TPSA) is 55.9 Å². The van der Waals surface area contributed by atoms with Crippen LogP contribution in [0.25, 0.3) is 0 Å². The summed E-state index contributed by atoms with van der Waals surface area (Å²) in [6.07, 6.45) is 8.67. The lowest BCUT2D eigenvalue weighted by Gasteiger charge is -2.22. The van der Waals surface area contributed by atoms with Crippen LogP contribution in [-0.4, -0.2) is 29.4 Å². The van der Waals surface area contributed by atoms with Gasteiger partial charge in [-0.15, -0.1) is 0 Å². The van der Waals surface area contributed by atoms with E-state index in [0.717, 1.165) is 32.5 Å². The summed E-state index contributed by atoms with van der Waals surface area (Å²) < 4.78 is 2.13. The maximum atomic E-state index is 5.49. The Bertz CT molecular complexity index is 289. The predicted molar refractivity (Wildman–Crippen MR) is 60.7 cm³/mol. The van der Waals surface area contributed by atoms with Crippen molar-refractivity contribution in [2.75, 3.05) is 19.6 Å². The summed E-state index contributed by atoms with van der Waals surface area (Å²) in [6, 6.07) is 0.595. The van der Waals surface area contributed by atoms with Crippen LogP contribution in [0.4, 0.5) is 0 Å². The molecule has 1 aliphatic rings. The minimum absolute atomic E-state index is 0.595. The number of piperidine rings is 1. The molecular weight excluding hydrogens is 188 g/mol. The quantitative estimate of drug-likeness (QED) is 0.766. The van der Waals surface area contributed by atoms with Crippen LogP contribution in [0.1, 0.15) is 30.9 Å². The van der Waals surface area contributed by atoms with E-state index in [1.165, 1.54) is 18.4 Å². The maximum Gasteiger partial charge on any atom is 0.0543 e. The summed E-state index contributed by atoms with van der Waals surface area (Å²) >= 11 is 0. The zero-order valence-corrected chi connectivity index (χ0v) is 9.15. The van der Waals surface area contributed by atoms with E-state index >= 15 is 0 Å². The fourth-order valence-corrected chi connectivity index (χ4v) is 2.08. The number of nitrogens with zero attached hydrogens (tertiary/aromatic N) is 2. The Hall–Kier alpha value is -0.870. The van der Waals surface area contributed by atoms with E-state index in [4.69, 9.17) is 5.73 Å². The zero-order chi connectivity index (χ0) is 10.5. The van der Waals surface area contributed by atoms with Crippen molar-refractivity contribution in [3.8, 4) is 0 Å². The number of hydrogen-bond acceptors (Lipinski definition) is 3. The molecule has 1 saturated heterocycles. The highest BCUT2D eigenvalue weighted by Gasteiger charge is 2.15. The third-order valence-electron chi connectivity index (χ3n) is 3.01. The molecule has 0 aromatic carbocycles. The molecule has 1 aromatic heterocycles. The van der Waals surface area contributed by atoms with Crippen LogP contribution in [0.5, 0.6) is 0 Å². The first kappa shape index (κ1) is 10.6. The highest BCUT2D eigenvalue weighted by molar-refractivity contribution is 5.04. The molecule has 4 nitrogen and oxygen atoms in total. The van der Waals surface area contributed by atoms with Crippen LogP contribution in [0.3, 0.4) is 0 Å². The summed E-state index contributed by atoms with van der Waals surface area (Å²) in [7, 11) is 0. The number of nitrogens with two attached hydrogens (primary N) is 1. The van der Waals surface area contributed by atoms with E-state index in [2.05, 4.69) is 21.3 Å². The van der Waals surface area contributed by atoms with E-state index in [0.29, 0.717) is 6.04 Å². The summed E-state index contributed by atoms with van der Waals surface area (Å²) in [4.78, 5) is 0. The highest BCUT2D eigenvalue weighted by Crippen LogP contribution is 2.18. The van der Waals surface area contributed by atoms with Crippen molar-refractivity contribution in [1.29, 1.82) is 0 Å². The Morgan fingerprint density at radius 2 is 2.27 bits per heavy atom. The number of nitrogens with one attached hydrogen (secondary N) is 1. The monoisotopic (exact) mass is 208 g/mol. The van der Waals surface area contributed by atoms with Gasteiger partial charge in [-0.3, -0.25) is 4.68 Å². The molecule has 0 bridgehead atoms. The van der Waals surface area contributed by atoms with Crippen molar-refractivity contribution in [2.24, 2.45) is 5.73 Å². The molecule has 4 heteroatoms. The van der Waals surface area contributed by atoms with Crippen LogP contribution in [-0.2, 0) is 6.42 Å². The van der Waals surface area contributed by atoms with Gasteiger partial charge in [0.15, 0.2) is 0 Å². The van der Waals surface area contributed by atoms with E-state index < -0.39 is 0 Å². The van der Waals surface area contributed by atoms with Gasteiger partial charge in [0.1, 0.15) is 0 Å². The number of rotatable bonds is 4. The van der Waals surface area contributed by atoms with Gasteiger partial charge in [-0.25, -0.2) is 0 Å². The van der Waals surface area contributed by atoms with Crippen LogP contribution < -0.4 is 11.1 Å². The van der Waals surface area contributed by atoms with E-state index in [-0.39, 0.29) is 0 Å². The smallest absolute Gasteiger partial charge is 0.0543 e. The minimum Gasteiger partial charge on any atom is -0.330 e. The van der Waals surface area contributed by atoms with Gasteiger partial charge in [-0.2, -0.15) is 5.10 Å². The first-order valence-electron chi connectivity index (χ1n) is 5.84. The molecule has 3 N–H and O–H groups in total. The summed E-state index contributed by atoms with van der Waals surface area (Å²) in [5.74, 6) is 0. The summed E-state index contributed by atoms with van der Waals surface area (Å²) in [5, 5.41) is 7.81. The fraction of sp³-hybridized carbons (Fsp3) is 0.727. The van der Waals surface area contributed by atoms with E-state index in [1.807, 2.05) is 6.20 Å². The molecule has 0 unspecified atom stereocenters. The lowest BCUT2D eigenvalue weighted by Crippen LogP contribution is -2.29. The molecule has 0 saturated carbocycles. The normalized spacial score (nSPS) is 18.2. The Labute approximate surface area is 90.8 Å². The molecule has 1 aromatic rings. The van der Waals surface area contributed by atoms with Crippen molar-refractivity contribution in [3.63, 3.8) is 0 Å². The third-order valence-corrected chi connectivity index (χ3v) is 3.01. The molecule has 0 spiro atoms. The zero-order valence-electron chi connectivity index (χ0n) is 9.15. The maximum absolute atomic E-state index is 5.49. The largest absolute Gasteiger partial charge is 0.330 e. The van der Waals surface area contributed by atoms with Gasteiger partial charge in [0.25, 0.3) is 0 Å². The lowest BCUT2D eigenvalue weighted by atomic mass is 10.1. The lowest BCUT2D eigenvalue weighted by molar-refractivity contribution is 0.343.